The SMILES string of the molecule is CC(NCc1ccon1)c1c(O)cccc1O. The Morgan fingerprint density at radius 1 is 1.29 bits per heavy atom. The lowest BCUT2D eigenvalue weighted by molar-refractivity contribution is 0.399. The van der Waals surface area contributed by atoms with Gasteiger partial charge in [-0.05, 0) is 19.1 Å². The van der Waals surface area contributed by atoms with Crippen LogP contribution in [0.2, 0.25) is 0 Å². The predicted molar refractivity (Wildman–Crippen MR) is 61.5 cm³/mol. The molecule has 1 unspecified atom stereocenters. The molecule has 2 aromatic rings. The molecule has 1 aromatic carbocycles. The summed E-state index contributed by atoms with van der Waals surface area (Å²) in [4.78, 5) is 0. The molecule has 90 valence electrons. The number of nitrogens with zero attached hydrogens (tertiary/aromatic N) is 1. The Morgan fingerprint density at radius 2 is 2.00 bits per heavy atom. The fourth-order valence-corrected chi connectivity index (χ4v) is 1.67. The summed E-state index contributed by atoms with van der Waals surface area (Å²) >= 11 is 0. The first-order chi connectivity index (χ1) is 8.18. The molecule has 0 aliphatic rings. The summed E-state index contributed by atoms with van der Waals surface area (Å²) < 4.78 is 4.71. The number of hydrogen-bond donors (Lipinski definition) is 3. The second kappa shape index (κ2) is 4.88. The first-order valence-electron chi connectivity index (χ1n) is 5.32. The number of nitrogens with one attached hydrogen (secondary N) is 1. The summed E-state index contributed by atoms with van der Waals surface area (Å²) in [5.74, 6) is 0.148. The number of aromatic nitrogens is 1. The Labute approximate surface area is 98.7 Å². The van der Waals surface area contributed by atoms with Crippen LogP contribution in [0.3, 0.4) is 0 Å². The third-order valence-electron chi connectivity index (χ3n) is 2.57. The Bertz CT molecular complexity index is 462. The Kier molecular flexibility index (Phi) is 3.30. The van der Waals surface area contributed by atoms with Crippen molar-refractivity contribution in [3.8, 4) is 11.5 Å². The molecular weight excluding hydrogens is 220 g/mol. The number of hydrogen-bond acceptors (Lipinski definition) is 5. The van der Waals surface area contributed by atoms with Crippen molar-refractivity contribution in [2.24, 2.45) is 0 Å². The van der Waals surface area contributed by atoms with Gasteiger partial charge in [-0.15, -0.1) is 0 Å². The van der Waals surface area contributed by atoms with Crippen molar-refractivity contribution < 1.29 is 14.7 Å². The van der Waals surface area contributed by atoms with Crippen LogP contribution in [-0.4, -0.2) is 15.4 Å². The predicted octanol–water partition coefficient (Wildman–Crippen LogP) is 1.94. The Morgan fingerprint density at radius 3 is 2.59 bits per heavy atom. The van der Waals surface area contributed by atoms with Crippen LogP contribution in [0.25, 0.3) is 0 Å². The van der Waals surface area contributed by atoms with Gasteiger partial charge in [-0.25, -0.2) is 0 Å². The quantitative estimate of drug-likeness (QED) is 0.753. The van der Waals surface area contributed by atoms with E-state index in [1.807, 2.05) is 6.92 Å². The van der Waals surface area contributed by atoms with Gasteiger partial charge in [0.15, 0.2) is 0 Å². The van der Waals surface area contributed by atoms with Crippen LogP contribution >= 0.6 is 0 Å². The lowest BCUT2D eigenvalue weighted by Crippen LogP contribution is -2.18. The van der Waals surface area contributed by atoms with E-state index in [1.54, 1.807) is 24.3 Å². The molecule has 5 nitrogen and oxygen atoms in total. The molecule has 1 heterocycles. The summed E-state index contributed by atoms with van der Waals surface area (Å²) in [6.45, 7) is 2.36. The van der Waals surface area contributed by atoms with Gasteiger partial charge in [0.05, 0.1) is 11.3 Å². The van der Waals surface area contributed by atoms with Gasteiger partial charge in [0.25, 0.3) is 0 Å². The largest absolute Gasteiger partial charge is 0.507 e. The Hall–Kier alpha value is -2.01. The summed E-state index contributed by atoms with van der Waals surface area (Å²) in [6, 6.07) is 6.25. The third-order valence-corrected chi connectivity index (χ3v) is 2.57. The van der Waals surface area contributed by atoms with E-state index in [-0.39, 0.29) is 17.5 Å². The van der Waals surface area contributed by atoms with Gasteiger partial charge in [0, 0.05) is 18.7 Å². The van der Waals surface area contributed by atoms with Crippen molar-refractivity contribution in [3.63, 3.8) is 0 Å². The number of phenols is 2. The monoisotopic (exact) mass is 234 g/mol. The molecule has 0 aliphatic carbocycles. The lowest BCUT2D eigenvalue weighted by Gasteiger charge is -2.15. The number of benzene rings is 1. The summed E-state index contributed by atoms with van der Waals surface area (Å²) in [5.41, 5.74) is 1.25. The zero-order chi connectivity index (χ0) is 12.3. The molecule has 1 aromatic heterocycles. The molecule has 1 atom stereocenters. The van der Waals surface area contributed by atoms with Crippen molar-refractivity contribution in [2.75, 3.05) is 0 Å². The first-order valence-corrected chi connectivity index (χ1v) is 5.32. The van der Waals surface area contributed by atoms with E-state index in [0.717, 1.165) is 5.69 Å². The molecule has 0 amide bonds. The van der Waals surface area contributed by atoms with Crippen molar-refractivity contribution in [1.29, 1.82) is 0 Å². The van der Waals surface area contributed by atoms with Gasteiger partial charge in [-0.2, -0.15) is 0 Å². The molecule has 17 heavy (non-hydrogen) atoms. The van der Waals surface area contributed by atoms with Gasteiger partial charge < -0.3 is 20.1 Å². The maximum atomic E-state index is 9.68. The summed E-state index contributed by atoms with van der Waals surface area (Å²) in [6.07, 6.45) is 1.50. The maximum absolute atomic E-state index is 9.68. The molecule has 0 radical (unpaired) electrons. The van der Waals surface area contributed by atoms with Crippen LogP contribution in [0.15, 0.2) is 35.1 Å². The molecule has 0 aliphatic heterocycles. The van der Waals surface area contributed by atoms with Crippen LogP contribution in [0.5, 0.6) is 11.5 Å². The summed E-state index contributed by atoms with van der Waals surface area (Å²) in [5, 5.41) is 26.3. The van der Waals surface area contributed by atoms with Gasteiger partial charge in [-0.3, -0.25) is 0 Å². The van der Waals surface area contributed by atoms with Gasteiger partial charge in [0.1, 0.15) is 17.8 Å². The third kappa shape index (κ3) is 2.57. The van der Waals surface area contributed by atoms with Gasteiger partial charge in [-0.1, -0.05) is 11.2 Å². The van der Waals surface area contributed by atoms with Crippen LogP contribution < -0.4 is 5.32 Å². The molecule has 0 saturated heterocycles. The van der Waals surface area contributed by atoms with Crippen LogP contribution in [0.4, 0.5) is 0 Å². The molecule has 5 heteroatoms. The highest BCUT2D eigenvalue weighted by atomic mass is 16.5. The van der Waals surface area contributed by atoms with Crippen LogP contribution in [-0.2, 0) is 6.54 Å². The lowest BCUT2D eigenvalue weighted by atomic mass is 10.1. The van der Waals surface area contributed by atoms with Crippen molar-refractivity contribution in [1.82, 2.24) is 10.5 Å². The van der Waals surface area contributed by atoms with E-state index >= 15 is 0 Å². The zero-order valence-corrected chi connectivity index (χ0v) is 9.42. The van der Waals surface area contributed by atoms with Crippen molar-refractivity contribution >= 4 is 0 Å². The highest BCUT2D eigenvalue weighted by Crippen LogP contribution is 2.32. The molecule has 2 rings (SSSR count). The van der Waals surface area contributed by atoms with Crippen LogP contribution in [0, 0.1) is 0 Å². The fraction of sp³-hybridized carbons (Fsp3) is 0.250. The topological polar surface area (TPSA) is 78.5 Å². The molecular formula is C12H14N2O3. The number of rotatable bonds is 4. The number of phenolic OH excluding ortho intramolecular Hbond substituents is 2. The van der Waals surface area contributed by atoms with E-state index < -0.39 is 0 Å². The average molecular weight is 234 g/mol. The highest BCUT2D eigenvalue weighted by molar-refractivity contribution is 5.44. The highest BCUT2D eigenvalue weighted by Gasteiger charge is 2.14. The average Bonchev–Trinajstić information content (AvgIpc) is 2.79. The van der Waals surface area contributed by atoms with Crippen LogP contribution in [0.1, 0.15) is 24.2 Å². The first kappa shape index (κ1) is 11.5. The minimum atomic E-state index is -0.187. The van der Waals surface area contributed by atoms with Crippen molar-refractivity contribution in [2.45, 2.75) is 19.5 Å². The zero-order valence-electron chi connectivity index (χ0n) is 9.42. The second-order valence-electron chi connectivity index (χ2n) is 3.80. The number of aromatic hydroxyl groups is 2. The van der Waals surface area contributed by atoms with E-state index in [2.05, 4.69) is 10.5 Å². The maximum Gasteiger partial charge on any atom is 0.124 e. The standard InChI is InChI=1S/C12H14N2O3/c1-8(13-7-9-5-6-17-14-9)12-10(15)3-2-4-11(12)16/h2-6,8,13,15-16H,7H2,1H3. The minimum Gasteiger partial charge on any atom is -0.507 e. The molecule has 0 fully saturated rings. The van der Waals surface area contributed by atoms with Crippen molar-refractivity contribution in [3.05, 3.63) is 41.8 Å². The van der Waals surface area contributed by atoms with Gasteiger partial charge >= 0.3 is 0 Å². The minimum absolute atomic E-state index is 0.0742. The smallest absolute Gasteiger partial charge is 0.124 e. The van der Waals surface area contributed by atoms with Gasteiger partial charge in [0.2, 0.25) is 0 Å². The van der Waals surface area contributed by atoms with E-state index in [0.29, 0.717) is 12.1 Å². The molecule has 3 N–H and O–H groups in total. The summed E-state index contributed by atoms with van der Waals surface area (Å²) in [7, 11) is 0. The van der Waals surface area contributed by atoms with E-state index in [9.17, 15) is 10.2 Å². The van der Waals surface area contributed by atoms with E-state index in [4.69, 9.17) is 4.52 Å². The molecule has 0 saturated carbocycles. The van der Waals surface area contributed by atoms with E-state index in [1.165, 1.54) is 6.26 Å². The second-order valence-corrected chi connectivity index (χ2v) is 3.80. The normalized spacial score (nSPS) is 12.5. The fourth-order valence-electron chi connectivity index (χ4n) is 1.67. The molecule has 0 bridgehead atoms. The Balaban J connectivity index is 2.07. The molecule has 0 spiro atoms.